The smallest absolute Gasteiger partial charge is 0.327 e. The monoisotopic (exact) mass is 382 g/mol. The van der Waals surface area contributed by atoms with Gasteiger partial charge < -0.3 is 4.74 Å². The Morgan fingerprint density at radius 1 is 0.846 bits per heavy atom. The van der Waals surface area contributed by atoms with Crippen LogP contribution in [0.4, 0.5) is 0 Å². The highest BCUT2D eigenvalue weighted by Gasteiger charge is 2.32. The molecule has 150 valence electrons. The second-order valence-electron chi connectivity index (χ2n) is 7.38. The van der Waals surface area contributed by atoms with Gasteiger partial charge in [0.15, 0.2) is 0 Å². The molecule has 1 rings (SSSR count). The Labute approximate surface area is 164 Å². The van der Waals surface area contributed by atoms with Gasteiger partial charge in [-0.05, 0) is 18.2 Å². The zero-order valence-corrected chi connectivity index (χ0v) is 17.5. The number of ether oxygens (including phenoxy) is 1. The van der Waals surface area contributed by atoms with Gasteiger partial charge in [-0.25, -0.2) is 0 Å². The number of unbranched alkanes of at least 4 members (excludes halogenated alkanes) is 14. The van der Waals surface area contributed by atoms with Gasteiger partial charge >= 0.3 is 11.9 Å². The minimum absolute atomic E-state index is 0.215. The van der Waals surface area contributed by atoms with Crippen LogP contribution in [-0.4, -0.2) is 17.2 Å². The van der Waals surface area contributed by atoms with Crippen molar-refractivity contribution in [2.75, 3.05) is 0 Å². The molecule has 0 aromatic rings. The molecule has 4 heteroatoms. The Bertz CT molecular complexity index is 406. The third-order valence-corrected chi connectivity index (χ3v) is 5.93. The first-order valence-electron chi connectivity index (χ1n) is 10.8. The van der Waals surface area contributed by atoms with Crippen LogP contribution < -0.4 is 0 Å². The van der Waals surface area contributed by atoms with Crippen LogP contribution in [-0.2, 0) is 14.3 Å². The zero-order chi connectivity index (χ0) is 18.9. The number of allylic oxidation sites excluding steroid dienone is 1. The molecule has 3 nitrogen and oxygen atoms in total. The third kappa shape index (κ3) is 12.6. The topological polar surface area (TPSA) is 43.4 Å². The maximum atomic E-state index is 11.3. The van der Waals surface area contributed by atoms with Gasteiger partial charge in [0, 0.05) is 0 Å². The first-order valence-corrected chi connectivity index (χ1v) is 11.7. The molecule has 0 aromatic carbocycles. The van der Waals surface area contributed by atoms with Gasteiger partial charge in [-0.2, -0.15) is 0 Å². The lowest BCUT2D eigenvalue weighted by atomic mass is 10.0. The van der Waals surface area contributed by atoms with Gasteiger partial charge in [0.1, 0.15) is 5.25 Å². The second-order valence-corrected chi connectivity index (χ2v) is 8.49. The number of hydrogen-bond donors (Lipinski definition) is 0. The number of esters is 2. The van der Waals surface area contributed by atoms with Crippen LogP contribution in [0.1, 0.15) is 110 Å². The molecule has 0 radical (unpaired) electrons. The van der Waals surface area contributed by atoms with E-state index in [0.717, 1.165) is 6.42 Å². The van der Waals surface area contributed by atoms with Crippen molar-refractivity contribution in [3.05, 3.63) is 11.5 Å². The molecule has 1 heterocycles. The van der Waals surface area contributed by atoms with E-state index in [1.165, 1.54) is 102 Å². The molecular weight excluding hydrogens is 344 g/mol. The predicted molar refractivity (Wildman–Crippen MR) is 111 cm³/mol. The fraction of sp³-hybridized carbons (Fsp3) is 0.818. The first-order chi connectivity index (χ1) is 12.7. The van der Waals surface area contributed by atoms with Crippen LogP contribution in [0.3, 0.4) is 0 Å². The quantitative estimate of drug-likeness (QED) is 0.155. The molecule has 0 saturated carbocycles. The van der Waals surface area contributed by atoms with Gasteiger partial charge in [0.05, 0.1) is 6.42 Å². The van der Waals surface area contributed by atoms with Crippen LogP contribution in [0.25, 0.3) is 0 Å². The van der Waals surface area contributed by atoms with Crippen LogP contribution in [0.2, 0.25) is 0 Å². The van der Waals surface area contributed by atoms with Gasteiger partial charge in [0.2, 0.25) is 0 Å². The molecule has 0 aromatic heterocycles. The zero-order valence-electron chi connectivity index (χ0n) is 16.7. The van der Waals surface area contributed by atoms with E-state index in [2.05, 4.69) is 17.7 Å². The fourth-order valence-electron chi connectivity index (χ4n) is 3.23. The van der Waals surface area contributed by atoms with Crippen molar-refractivity contribution in [3.63, 3.8) is 0 Å². The Balaban J connectivity index is 1.76. The molecule has 0 amide bonds. The Morgan fingerprint density at radius 2 is 1.35 bits per heavy atom. The summed E-state index contributed by atoms with van der Waals surface area (Å²) in [6.45, 7) is 2.27. The van der Waals surface area contributed by atoms with E-state index in [0.29, 0.717) is 0 Å². The van der Waals surface area contributed by atoms with Gasteiger partial charge in [-0.15, -0.1) is 11.8 Å². The summed E-state index contributed by atoms with van der Waals surface area (Å²) >= 11 is 1.41. The SMILES string of the molecule is CCCCCCCCCCCCCCCCC=CSC1CC(=O)OC1=O. The van der Waals surface area contributed by atoms with Crippen molar-refractivity contribution in [2.24, 2.45) is 0 Å². The lowest BCUT2D eigenvalue weighted by Gasteiger charge is -2.03. The standard InChI is InChI=1S/C22H38O3S/c1-2-3-4-5-6-7-8-9-10-11-12-13-14-15-16-17-18-26-20-19-21(23)25-22(20)24/h17-18,20H,2-16,19H2,1H3. The van der Waals surface area contributed by atoms with Crippen molar-refractivity contribution in [1.82, 2.24) is 0 Å². The van der Waals surface area contributed by atoms with Crippen molar-refractivity contribution < 1.29 is 14.3 Å². The molecule has 26 heavy (non-hydrogen) atoms. The van der Waals surface area contributed by atoms with Crippen LogP contribution in [0, 0.1) is 0 Å². The van der Waals surface area contributed by atoms with Crippen LogP contribution >= 0.6 is 11.8 Å². The highest BCUT2D eigenvalue weighted by Crippen LogP contribution is 2.23. The Morgan fingerprint density at radius 3 is 1.81 bits per heavy atom. The Hall–Kier alpha value is -0.770. The summed E-state index contributed by atoms with van der Waals surface area (Å²) in [5, 5.41) is 1.63. The number of carbonyl (C=O) groups is 2. The van der Waals surface area contributed by atoms with Gasteiger partial charge in [0.25, 0.3) is 0 Å². The van der Waals surface area contributed by atoms with E-state index in [-0.39, 0.29) is 17.6 Å². The van der Waals surface area contributed by atoms with Crippen molar-refractivity contribution in [1.29, 1.82) is 0 Å². The van der Waals surface area contributed by atoms with Gasteiger partial charge in [-0.1, -0.05) is 96.5 Å². The lowest BCUT2D eigenvalue weighted by molar-refractivity contribution is -0.151. The van der Waals surface area contributed by atoms with E-state index in [1.807, 2.05) is 5.41 Å². The molecule has 1 atom stereocenters. The molecule has 0 spiro atoms. The highest BCUT2D eigenvalue weighted by atomic mass is 32.2. The summed E-state index contributed by atoms with van der Waals surface area (Å²) in [7, 11) is 0. The average molecular weight is 383 g/mol. The second kappa shape index (κ2) is 16.4. The van der Waals surface area contributed by atoms with Gasteiger partial charge in [-0.3, -0.25) is 9.59 Å². The molecule has 0 aliphatic carbocycles. The number of cyclic esters (lactones) is 2. The van der Waals surface area contributed by atoms with E-state index in [1.54, 1.807) is 0 Å². The minimum atomic E-state index is -0.395. The minimum Gasteiger partial charge on any atom is -0.392 e. The molecule has 0 bridgehead atoms. The average Bonchev–Trinajstić information content (AvgIpc) is 2.95. The lowest BCUT2D eigenvalue weighted by Crippen LogP contribution is -2.07. The number of hydrogen-bond acceptors (Lipinski definition) is 4. The molecule has 1 aliphatic heterocycles. The summed E-state index contributed by atoms with van der Waals surface area (Å²) in [5.41, 5.74) is 0. The first kappa shape index (κ1) is 23.3. The molecule has 0 N–H and O–H groups in total. The highest BCUT2D eigenvalue weighted by molar-refractivity contribution is 8.03. The number of rotatable bonds is 17. The maximum absolute atomic E-state index is 11.3. The van der Waals surface area contributed by atoms with E-state index < -0.39 is 5.97 Å². The largest absolute Gasteiger partial charge is 0.392 e. The van der Waals surface area contributed by atoms with Crippen LogP contribution in [0.5, 0.6) is 0 Å². The molecule has 1 fully saturated rings. The fourth-order valence-corrected chi connectivity index (χ4v) is 4.06. The predicted octanol–water partition coefficient (Wildman–Crippen LogP) is 6.95. The molecular formula is C22H38O3S. The molecule has 1 saturated heterocycles. The Kier molecular flexibility index (Phi) is 14.7. The van der Waals surface area contributed by atoms with Crippen molar-refractivity contribution in [2.45, 2.75) is 115 Å². The number of thioether (sulfide) groups is 1. The van der Waals surface area contributed by atoms with E-state index in [4.69, 9.17) is 0 Å². The van der Waals surface area contributed by atoms with Crippen molar-refractivity contribution in [3.8, 4) is 0 Å². The molecule has 1 unspecified atom stereocenters. The summed E-state index contributed by atoms with van der Waals surface area (Å²) in [6, 6.07) is 0. The number of carbonyl (C=O) groups excluding carboxylic acids is 2. The summed E-state index contributed by atoms with van der Waals surface area (Å²) in [5.74, 6) is -0.783. The summed E-state index contributed by atoms with van der Waals surface area (Å²) in [6.07, 6.45) is 22.7. The maximum Gasteiger partial charge on any atom is 0.327 e. The third-order valence-electron chi connectivity index (χ3n) is 4.89. The van der Waals surface area contributed by atoms with Crippen LogP contribution in [0.15, 0.2) is 11.5 Å². The summed E-state index contributed by atoms with van der Waals surface area (Å²) in [4.78, 5) is 22.3. The van der Waals surface area contributed by atoms with E-state index in [9.17, 15) is 9.59 Å². The van der Waals surface area contributed by atoms with E-state index >= 15 is 0 Å². The summed E-state index contributed by atoms with van der Waals surface area (Å²) < 4.78 is 4.52. The molecule has 1 aliphatic rings. The normalized spacial score (nSPS) is 17.3. The van der Waals surface area contributed by atoms with Crippen molar-refractivity contribution >= 4 is 23.7 Å².